The van der Waals surface area contributed by atoms with Crippen molar-refractivity contribution in [2.45, 2.75) is 43.0 Å². The Morgan fingerprint density at radius 1 is 1.28 bits per heavy atom. The second-order valence-electron chi connectivity index (χ2n) is 5.65. The summed E-state index contributed by atoms with van der Waals surface area (Å²) < 4.78 is 1.69. The molecule has 1 atom stereocenters. The number of nitrogens with zero attached hydrogens (tertiary/aromatic N) is 5. The van der Waals surface area contributed by atoms with Crippen molar-refractivity contribution in [3.63, 3.8) is 0 Å². The summed E-state index contributed by atoms with van der Waals surface area (Å²) in [6.07, 6.45) is 3.70. The van der Waals surface area contributed by atoms with Crippen LogP contribution in [0.25, 0.3) is 11.2 Å². The third kappa shape index (κ3) is 4.14. The molecule has 0 fully saturated rings. The number of aliphatic carboxylic acids is 1. The summed E-state index contributed by atoms with van der Waals surface area (Å²) in [7, 11) is 0. The maximum atomic E-state index is 11.4. The van der Waals surface area contributed by atoms with Gasteiger partial charge in [0.15, 0.2) is 11.2 Å². The molecule has 25 heavy (non-hydrogen) atoms. The smallest absolute Gasteiger partial charge is 0.183 e. The number of thioether (sulfide) groups is 1. The third-order valence-electron chi connectivity index (χ3n) is 3.78. The maximum Gasteiger partial charge on any atom is 0.183 e. The van der Waals surface area contributed by atoms with E-state index in [1.54, 1.807) is 4.68 Å². The van der Waals surface area contributed by atoms with E-state index in [0.717, 1.165) is 30.2 Å². The predicted molar refractivity (Wildman–Crippen MR) is 92.8 cm³/mol. The molecule has 7 nitrogen and oxygen atoms in total. The van der Waals surface area contributed by atoms with E-state index in [2.05, 4.69) is 20.3 Å². The minimum absolute atomic E-state index is 0.520. The molecule has 0 aliphatic heterocycles. The van der Waals surface area contributed by atoms with Gasteiger partial charge in [0.05, 0.1) is 17.8 Å². The Kier molecular flexibility index (Phi) is 5.60. The van der Waals surface area contributed by atoms with Crippen molar-refractivity contribution in [1.82, 2.24) is 25.0 Å². The number of hydrogen-bond acceptors (Lipinski definition) is 7. The number of carboxylic acids is 1. The van der Waals surface area contributed by atoms with Crippen LogP contribution in [0.5, 0.6) is 0 Å². The molecule has 0 spiro atoms. The minimum Gasteiger partial charge on any atom is -0.549 e. The first-order valence-electron chi connectivity index (χ1n) is 8.14. The second kappa shape index (κ2) is 8.06. The first-order chi connectivity index (χ1) is 12.2. The first kappa shape index (κ1) is 17.3. The van der Waals surface area contributed by atoms with Crippen molar-refractivity contribution in [1.29, 1.82) is 0 Å². The molecule has 8 heteroatoms. The molecule has 1 aromatic carbocycles. The molecule has 130 valence electrons. The zero-order chi connectivity index (χ0) is 17.6. The summed E-state index contributed by atoms with van der Waals surface area (Å²) >= 11 is 1.16. The van der Waals surface area contributed by atoms with Crippen LogP contribution >= 0.6 is 11.8 Å². The van der Waals surface area contributed by atoms with Gasteiger partial charge in [0, 0.05) is 0 Å². The van der Waals surface area contributed by atoms with Crippen LogP contribution in [-0.2, 0) is 11.3 Å². The largest absolute Gasteiger partial charge is 0.549 e. The molecule has 0 N–H and O–H groups in total. The molecule has 0 saturated heterocycles. The molecule has 0 unspecified atom stereocenters. The van der Waals surface area contributed by atoms with Crippen LogP contribution < -0.4 is 5.11 Å². The average Bonchev–Trinajstić information content (AvgIpc) is 3.03. The molecule has 3 rings (SSSR count). The van der Waals surface area contributed by atoms with E-state index in [-0.39, 0.29) is 0 Å². The first-order valence-corrected chi connectivity index (χ1v) is 9.02. The molecule has 0 saturated carbocycles. The van der Waals surface area contributed by atoms with Gasteiger partial charge >= 0.3 is 0 Å². The number of aromatic nitrogens is 5. The Hall–Kier alpha value is -2.48. The molecule has 0 aliphatic rings. The second-order valence-corrected chi connectivity index (χ2v) is 6.84. The van der Waals surface area contributed by atoms with Crippen LogP contribution in [0.1, 0.15) is 31.7 Å². The van der Waals surface area contributed by atoms with Gasteiger partial charge in [-0.3, -0.25) is 0 Å². The van der Waals surface area contributed by atoms with Gasteiger partial charge in [0.25, 0.3) is 0 Å². The van der Waals surface area contributed by atoms with Crippen LogP contribution in [0.3, 0.4) is 0 Å². The fourth-order valence-electron chi connectivity index (χ4n) is 2.47. The quantitative estimate of drug-likeness (QED) is 0.447. The normalized spacial score (nSPS) is 12.4. The van der Waals surface area contributed by atoms with E-state index in [1.807, 2.05) is 37.3 Å². The van der Waals surface area contributed by atoms with Crippen LogP contribution in [0.2, 0.25) is 0 Å². The number of carbonyl (C=O) groups is 1. The average molecular weight is 356 g/mol. The molecular formula is C17H18N5O2S-. The van der Waals surface area contributed by atoms with E-state index in [9.17, 15) is 9.90 Å². The lowest BCUT2D eigenvalue weighted by Gasteiger charge is -2.16. The zero-order valence-electron chi connectivity index (χ0n) is 13.8. The van der Waals surface area contributed by atoms with Crippen molar-refractivity contribution in [2.24, 2.45) is 0 Å². The Labute approximate surface area is 149 Å². The van der Waals surface area contributed by atoms with Gasteiger partial charge in [0.1, 0.15) is 11.4 Å². The number of unbranched alkanes of at least 4 members (excludes halogenated alkanes) is 1. The molecule has 0 radical (unpaired) electrons. The number of benzene rings is 1. The van der Waals surface area contributed by atoms with Crippen molar-refractivity contribution in [3.05, 3.63) is 42.2 Å². The Bertz CT molecular complexity index is 853. The molecule has 0 amide bonds. The van der Waals surface area contributed by atoms with Crippen molar-refractivity contribution in [3.8, 4) is 0 Å². The van der Waals surface area contributed by atoms with Gasteiger partial charge in [-0.25, -0.2) is 14.6 Å². The number of fused-ring (bicyclic) bond motifs is 1. The summed E-state index contributed by atoms with van der Waals surface area (Å²) in [4.78, 5) is 19.8. The van der Waals surface area contributed by atoms with Crippen LogP contribution in [-0.4, -0.2) is 36.2 Å². The SMILES string of the molecule is CCCC[C@@H](Sc1ncnc2c1nnn2Cc1ccccc1)C(=O)[O-]. The van der Waals surface area contributed by atoms with Crippen molar-refractivity contribution < 1.29 is 9.90 Å². The summed E-state index contributed by atoms with van der Waals surface area (Å²) in [6.45, 7) is 2.56. The van der Waals surface area contributed by atoms with E-state index in [0.29, 0.717) is 29.2 Å². The van der Waals surface area contributed by atoms with Gasteiger partial charge in [-0.15, -0.1) is 5.10 Å². The number of carboxylic acid groups (broad SMARTS) is 1. The van der Waals surface area contributed by atoms with Gasteiger partial charge < -0.3 is 9.90 Å². The molecule has 0 aliphatic carbocycles. The van der Waals surface area contributed by atoms with Crippen molar-refractivity contribution in [2.75, 3.05) is 0 Å². The fourth-order valence-corrected chi connectivity index (χ4v) is 3.47. The van der Waals surface area contributed by atoms with Crippen LogP contribution in [0.4, 0.5) is 0 Å². The number of carbonyl (C=O) groups excluding carboxylic acids is 1. The van der Waals surface area contributed by atoms with Gasteiger partial charge in [-0.05, 0) is 12.0 Å². The van der Waals surface area contributed by atoms with Gasteiger partial charge in [-0.1, -0.05) is 67.1 Å². The molecular weight excluding hydrogens is 338 g/mol. The predicted octanol–water partition coefficient (Wildman–Crippen LogP) is 1.67. The Balaban J connectivity index is 1.86. The van der Waals surface area contributed by atoms with Crippen LogP contribution in [0.15, 0.2) is 41.7 Å². The van der Waals surface area contributed by atoms with E-state index in [4.69, 9.17) is 0 Å². The van der Waals surface area contributed by atoms with E-state index >= 15 is 0 Å². The highest BCUT2D eigenvalue weighted by molar-refractivity contribution is 8.00. The summed E-state index contributed by atoms with van der Waals surface area (Å²) in [5.74, 6) is -1.08. The third-order valence-corrected chi connectivity index (χ3v) is 5.01. The highest BCUT2D eigenvalue weighted by atomic mass is 32.2. The maximum absolute atomic E-state index is 11.4. The molecule has 0 bridgehead atoms. The minimum atomic E-state index is -1.08. The van der Waals surface area contributed by atoms with E-state index < -0.39 is 11.2 Å². The highest BCUT2D eigenvalue weighted by Crippen LogP contribution is 2.29. The number of rotatable bonds is 8. The lowest BCUT2D eigenvalue weighted by atomic mass is 10.2. The molecule has 3 aromatic rings. The lowest BCUT2D eigenvalue weighted by molar-refractivity contribution is -0.304. The zero-order valence-corrected chi connectivity index (χ0v) is 14.6. The van der Waals surface area contributed by atoms with Gasteiger partial charge in [0.2, 0.25) is 0 Å². The Morgan fingerprint density at radius 3 is 2.80 bits per heavy atom. The summed E-state index contributed by atoms with van der Waals surface area (Å²) in [5, 5.41) is 19.6. The number of hydrogen-bond donors (Lipinski definition) is 0. The van der Waals surface area contributed by atoms with E-state index in [1.165, 1.54) is 6.33 Å². The standard InChI is InChI=1S/C17H19N5O2S/c1-2-3-9-13(17(23)24)25-16-14-15(18-11-19-16)22(21-20-14)10-12-7-5-4-6-8-12/h4-8,11,13H,2-3,9-10H2,1H3,(H,23,24)/p-1/t13-/m1/s1. The van der Waals surface area contributed by atoms with Crippen LogP contribution in [0, 0.1) is 0 Å². The highest BCUT2D eigenvalue weighted by Gasteiger charge is 2.18. The topological polar surface area (TPSA) is 96.6 Å². The van der Waals surface area contributed by atoms with Crippen molar-refractivity contribution >= 4 is 28.9 Å². The molecule has 2 heterocycles. The summed E-state index contributed by atoms with van der Waals surface area (Å²) in [6, 6.07) is 9.88. The summed E-state index contributed by atoms with van der Waals surface area (Å²) in [5.41, 5.74) is 2.19. The molecule has 2 aromatic heterocycles. The lowest BCUT2D eigenvalue weighted by Crippen LogP contribution is -2.33. The monoisotopic (exact) mass is 356 g/mol. The fraction of sp³-hybridized carbons (Fsp3) is 0.353. The Morgan fingerprint density at radius 2 is 2.08 bits per heavy atom. The van der Waals surface area contributed by atoms with Gasteiger partial charge in [-0.2, -0.15) is 0 Å².